The van der Waals surface area contributed by atoms with Crippen LogP contribution in [-0.2, 0) is 36.9 Å². The molecule has 0 amide bonds. The fraction of sp³-hybridized carbons (Fsp3) is 0.357. The molecule has 0 saturated carbocycles. The van der Waals surface area contributed by atoms with E-state index in [1.165, 1.54) is 0 Å². The summed E-state index contributed by atoms with van der Waals surface area (Å²) in [6.07, 6.45) is -1.69. The topological polar surface area (TPSA) is 46.2 Å². The molecule has 0 aliphatic carbocycles. The van der Waals surface area contributed by atoms with E-state index in [-0.39, 0.29) is 30.5 Å². The van der Waals surface area contributed by atoms with E-state index in [4.69, 9.17) is 23.7 Å². The van der Waals surface area contributed by atoms with Crippen molar-refractivity contribution >= 4 is 0 Å². The third-order valence-electron chi connectivity index (χ3n) is 6.20. The highest BCUT2D eigenvalue weighted by atomic mass is 16.7. The van der Waals surface area contributed by atoms with Crippen molar-refractivity contribution in [2.75, 3.05) is 6.61 Å². The summed E-state index contributed by atoms with van der Waals surface area (Å²) in [6.45, 7) is 3.45. The monoisotopic (exact) mass is 446 g/mol. The largest absolute Gasteiger partial charge is 0.368 e. The predicted octanol–water partition coefficient (Wildman–Crippen LogP) is 5.06. The van der Waals surface area contributed by atoms with E-state index >= 15 is 0 Å². The molecule has 5 heteroatoms. The fourth-order valence-electron chi connectivity index (χ4n) is 4.50. The quantitative estimate of drug-likeness (QED) is 0.508. The molecule has 2 heterocycles. The van der Waals surface area contributed by atoms with Crippen molar-refractivity contribution < 1.29 is 23.7 Å². The number of hydrogen-bond donors (Lipinski definition) is 0. The highest BCUT2D eigenvalue weighted by Crippen LogP contribution is 2.36. The smallest absolute Gasteiger partial charge is 0.184 e. The first-order chi connectivity index (χ1) is 16.3. The lowest BCUT2D eigenvalue weighted by Gasteiger charge is -2.48. The maximum atomic E-state index is 6.51. The molecule has 172 valence electrons. The van der Waals surface area contributed by atoms with E-state index in [2.05, 4.69) is 24.3 Å². The van der Waals surface area contributed by atoms with Gasteiger partial charge >= 0.3 is 0 Å². The molecule has 6 atom stereocenters. The number of rotatable bonds is 7. The van der Waals surface area contributed by atoms with Gasteiger partial charge in [-0.3, -0.25) is 0 Å². The molecule has 2 aliphatic rings. The van der Waals surface area contributed by atoms with Crippen LogP contribution in [0.3, 0.4) is 0 Å². The average Bonchev–Trinajstić information content (AvgIpc) is 2.88. The summed E-state index contributed by atoms with van der Waals surface area (Å²) < 4.78 is 31.7. The number of hydrogen-bond acceptors (Lipinski definition) is 5. The van der Waals surface area contributed by atoms with Crippen molar-refractivity contribution in [2.24, 2.45) is 0 Å². The Morgan fingerprint density at radius 1 is 0.697 bits per heavy atom. The maximum Gasteiger partial charge on any atom is 0.184 e. The number of ether oxygens (including phenoxy) is 5. The highest BCUT2D eigenvalue weighted by molar-refractivity contribution is 5.17. The van der Waals surface area contributed by atoms with Crippen LogP contribution in [0.25, 0.3) is 0 Å². The molecule has 0 bridgehead atoms. The molecular weight excluding hydrogens is 416 g/mol. The molecule has 5 nitrogen and oxygen atoms in total. The van der Waals surface area contributed by atoms with E-state index in [1.54, 1.807) is 0 Å². The lowest BCUT2D eigenvalue weighted by Crippen LogP contribution is -2.62. The fourth-order valence-corrected chi connectivity index (χ4v) is 4.50. The third kappa shape index (κ3) is 5.35. The molecule has 33 heavy (non-hydrogen) atoms. The van der Waals surface area contributed by atoms with Gasteiger partial charge in [0.1, 0.15) is 24.4 Å². The standard InChI is InChI=1S/C28H30O5/c1-20-25(29-17-21-11-5-2-6-12-21)27(30-18-22-13-7-3-8-14-22)26-24(32-20)19-31-28(33-26)23-15-9-4-10-16-23/h2-16,20,24-28H,17-19H2,1H3/t20-,24?,25?,26+,27-,28?/m0/s1. The van der Waals surface area contributed by atoms with Gasteiger partial charge in [0.15, 0.2) is 6.29 Å². The third-order valence-corrected chi connectivity index (χ3v) is 6.20. The first-order valence-corrected chi connectivity index (χ1v) is 11.6. The Bertz CT molecular complexity index is 981. The Kier molecular flexibility index (Phi) is 7.15. The average molecular weight is 447 g/mol. The van der Waals surface area contributed by atoms with Crippen LogP contribution in [0.2, 0.25) is 0 Å². The van der Waals surface area contributed by atoms with Gasteiger partial charge in [-0.05, 0) is 18.1 Å². The van der Waals surface area contributed by atoms with Crippen molar-refractivity contribution in [1.29, 1.82) is 0 Å². The zero-order valence-corrected chi connectivity index (χ0v) is 18.8. The van der Waals surface area contributed by atoms with E-state index in [0.717, 1.165) is 16.7 Å². The Morgan fingerprint density at radius 3 is 1.85 bits per heavy atom. The Hall–Kier alpha value is -2.54. The van der Waals surface area contributed by atoms with Gasteiger partial charge in [0.25, 0.3) is 0 Å². The minimum absolute atomic E-state index is 0.156. The van der Waals surface area contributed by atoms with E-state index in [9.17, 15) is 0 Å². The summed E-state index contributed by atoms with van der Waals surface area (Å²) >= 11 is 0. The zero-order valence-electron chi connectivity index (χ0n) is 18.8. The number of benzene rings is 3. The van der Waals surface area contributed by atoms with Gasteiger partial charge in [-0.2, -0.15) is 0 Å². The lowest BCUT2D eigenvalue weighted by molar-refractivity contribution is -0.337. The van der Waals surface area contributed by atoms with Crippen LogP contribution >= 0.6 is 0 Å². The van der Waals surface area contributed by atoms with Crippen LogP contribution < -0.4 is 0 Å². The first kappa shape index (κ1) is 22.3. The molecule has 2 fully saturated rings. The van der Waals surface area contributed by atoms with Crippen molar-refractivity contribution in [2.45, 2.75) is 56.9 Å². The second kappa shape index (κ2) is 10.6. The normalized spacial score (nSPS) is 29.4. The van der Waals surface area contributed by atoms with E-state index < -0.39 is 6.29 Å². The predicted molar refractivity (Wildman–Crippen MR) is 124 cm³/mol. The number of fused-ring (bicyclic) bond motifs is 1. The summed E-state index contributed by atoms with van der Waals surface area (Å²) in [5, 5.41) is 0. The summed E-state index contributed by atoms with van der Waals surface area (Å²) in [7, 11) is 0. The van der Waals surface area contributed by atoms with Crippen LogP contribution in [0.15, 0.2) is 91.0 Å². The summed E-state index contributed by atoms with van der Waals surface area (Å²) in [4.78, 5) is 0. The summed E-state index contributed by atoms with van der Waals surface area (Å²) in [5.41, 5.74) is 3.21. The minimum Gasteiger partial charge on any atom is -0.368 e. The van der Waals surface area contributed by atoms with Crippen LogP contribution in [0.5, 0.6) is 0 Å². The van der Waals surface area contributed by atoms with Crippen LogP contribution in [0.1, 0.15) is 29.9 Å². The van der Waals surface area contributed by atoms with Crippen LogP contribution in [0, 0.1) is 0 Å². The highest BCUT2D eigenvalue weighted by Gasteiger charge is 2.49. The molecule has 0 radical (unpaired) electrons. The van der Waals surface area contributed by atoms with Gasteiger partial charge in [-0.1, -0.05) is 91.0 Å². The molecule has 2 aliphatic heterocycles. The Morgan fingerprint density at radius 2 is 1.24 bits per heavy atom. The van der Waals surface area contributed by atoms with Crippen molar-refractivity contribution in [3.05, 3.63) is 108 Å². The second-order valence-corrected chi connectivity index (χ2v) is 8.58. The Balaban J connectivity index is 1.36. The maximum absolute atomic E-state index is 6.51. The molecule has 2 saturated heterocycles. The van der Waals surface area contributed by atoms with Crippen molar-refractivity contribution in [3.8, 4) is 0 Å². The molecule has 3 aromatic rings. The molecule has 3 aromatic carbocycles. The van der Waals surface area contributed by atoms with Gasteiger partial charge in [0.2, 0.25) is 0 Å². The zero-order chi connectivity index (χ0) is 22.5. The van der Waals surface area contributed by atoms with Gasteiger partial charge in [0.05, 0.1) is 25.9 Å². The van der Waals surface area contributed by atoms with Crippen molar-refractivity contribution in [3.63, 3.8) is 0 Å². The molecule has 0 aromatic heterocycles. The van der Waals surface area contributed by atoms with E-state index in [1.807, 2.05) is 73.7 Å². The summed E-state index contributed by atoms with van der Waals surface area (Å²) in [5.74, 6) is 0. The SMILES string of the molecule is C[C@@H]1OC2COC(c3ccccc3)O[C@H]2[C@@H](OCc2ccccc2)C1OCc1ccccc1. The van der Waals surface area contributed by atoms with Gasteiger partial charge in [0, 0.05) is 5.56 Å². The molecule has 3 unspecified atom stereocenters. The summed E-state index contributed by atoms with van der Waals surface area (Å²) in [6, 6.07) is 30.3. The van der Waals surface area contributed by atoms with E-state index in [0.29, 0.717) is 19.8 Å². The van der Waals surface area contributed by atoms with Gasteiger partial charge in [-0.15, -0.1) is 0 Å². The van der Waals surface area contributed by atoms with Gasteiger partial charge < -0.3 is 23.7 Å². The second-order valence-electron chi connectivity index (χ2n) is 8.58. The first-order valence-electron chi connectivity index (χ1n) is 11.6. The van der Waals surface area contributed by atoms with Crippen molar-refractivity contribution in [1.82, 2.24) is 0 Å². The van der Waals surface area contributed by atoms with Crippen LogP contribution in [0.4, 0.5) is 0 Å². The lowest BCUT2D eigenvalue weighted by atomic mass is 9.94. The minimum atomic E-state index is -0.456. The molecule has 0 N–H and O–H groups in total. The molecule has 0 spiro atoms. The van der Waals surface area contributed by atoms with Gasteiger partial charge in [-0.25, -0.2) is 0 Å². The molecular formula is C28H30O5. The van der Waals surface area contributed by atoms with Crippen LogP contribution in [-0.4, -0.2) is 37.1 Å². The Labute approximate surface area is 195 Å². The molecule has 5 rings (SSSR count).